The van der Waals surface area contributed by atoms with Gasteiger partial charge in [-0.05, 0) is 73.1 Å². The first-order valence-electron chi connectivity index (χ1n) is 15.0. The van der Waals surface area contributed by atoms with Gasteiger partial charge in [0, 0.05) is 23.4 Å². The number of benzene rings is 2. The van der Waals surface area contributed by atoms with Crippen LogP contribution >= 0.6 is 11.8 Å². The quantitative estimate of drug-likeness (QED) is 0.253. The molecule has 5 nitrogen and oxygen atoms in total. The van der Waals surface area contributed by atoms with Crippen LogP contribution in [0.5, 0.6) is 5.75 Å². The van der Waals surface area contributed by atoms with E-state index in [9.17, 15) is 9.59 Å². The van der Waals surface area contributed by atoms with Gasteiger partial charge in [-0.15, -0.1) is 11.8 Å². The molecule has 2 amide bonds. The van der Waals surface area contributed by atoms with E-state index >= 15 is 0 Å². The van der Waals surface area contributed by atoms with Crippen LogP contribution in [0.3, 0.4) is 0 Å². The van der Waals surface area contributed by atoms with Gasteiger partial charge in [-0.3, -0.25) is 9.59 Å². The fourth-order valence-electron chi connectivity index (χ4n) is 5.04. The maximum Gasteiger partial charge on any atom is 0.255 e. The summed E-state index contributed by atoms with van der Waals surface area (Å²) in [6.45, 7) is 18.8. The maximum atomic E-state index is 13.4. The smallest absolute Gasteiger partial charge is 0.255 e. The van der Waals surface area contributed by atoms with Crippen LogP contribution in [0.25, 0.3) is 0 Å². The van der Waals surface area contributed by atoms with Gasteiger partial charge in [-0.2, -0.15) is 0 Å². The van der Waals surface area contributed by atoms with Crippen LogP contribution in [0.2, 0.25) is 0 Å². The Bertz CT molecular complexity index is 1160. The molecule has 6 heteroatoms. The molecule has 1 aliphatic rings. The van der Waals surface area contributed by atoms with E-state index in [4.69, 9.17) is 4.74 Å². The molecule has 1 saturated heterocycles. The fourth-order valence-corrected chi connectivity index (χ4v) is 6.40. The van der Waals surface area contributed by atoms with Crippen molar-refractivity contribution < 1.29 is 14.3 Å². The van der Waals surface area contributed by atoms with Gasteiger partial charge in [-0.25, -0.2) is 0 Å². The molecule has 0 aromatic heterocycles. The summed E-state index contributed by atoms with van der Waals surface area (Å²) < 4.78 is 6.30. The van der Waals surface area contributed by atoms with Gasteiger partial charge in [0.25, 0.3) is 5.91 Å². The summed E-state index contributed by atoms with van der Waals surface area (Å²) in [5.74, 6) is 1.48. The molecule has 1 aliphatic heterocycles. The standard InChI is InChI=1S/C34H50N2O3S/c1-9-30-36(32(38)26-17-13-12-16-24(26)4)28(23-40-30)31(37)35-20-14-15-21-39-29-19-18-25(33(5,6)10-2)22-27(29)34(7,8)11-3/h12-13,16-19,22,28,30H,9-11,14-15,20-21,23H2,1-8H3,(H,35,37). The SMILES string of the molecule is CCC1SCC(C(=O)NCCCCOc2ccc(C(C)(C)CC)cc2C(C)(C)CC)N1C(=O)c1ccccc1C. The Hall–Kier alpha value is -2.47. The summed E-state index contributed by atoms with van der Waals surface area (Å²) in [4.78, 5) is 28.4. The Kier molecular flexibility index (Phi) is 11.2. The number of amides is 2. The van der Waals surface area contributed by atoms with Crippen molar-refractivity contribution in [2.75, 3.05) is 18.9 Å². The van der Waals surface area contributed by atoms with Gasteiger partial charge < -0.3 is 15.0 Å². The van der Waals surface area contributed by atoms with Crippen molar-refractivity contribution in [1.29, 1.82) is 0 Å². The molecular formula is C34H50N2O3S. The van der Waals surface area contributed by atoms with E-state index in [1.165, 1.54) is 11.1 Å². The molecule has 2 aromatic carbocycles. The second-order valence-corrected chi connectivity index (χ2v) is 13.5. The largest absolute Gasteiger partial charge is 0.493 e. The lowest BCUT2D eigenvalue weighted by molar-refractivity contribution is -0.124. The van der Waals surface area contributed by atoms with E-state index in [-0.39, 0.29) is 28.0 Å². The topological polar surface area (TPSA) is 58.6 Å². The third kappa shape index (κ3) is 7.43. The number of thioether (sulfide) groups is 1. The number of ether oxygens (including phenoxy) is 1. The fraction of sp³-hybridized carbons (Fsp3) is 0.588. The molecule has 220 valence electrons. The van der Waals surface area contributed by atoms with Crippen molar-refractivity contribution in [3.05, 3.63) is 64.7 Å². The lowest BCUT2D eigenvalue weighted by Gasteiger charge is -2.30. The van der Waals surface area contributed by atoms with Crippen molar-refractivity contribution in [2.45, 2.75) is 110 Å². The summed E-state index contributed by atoms with van der Waals surface area (Å²) in [5.41, 5.74) is 4.39. The molecule has 1 fully saturated rings. The van der Waals surface area contributed by atoms with Crippen LogP contribution in [0.4, 0.5) is 0 Å². The predicted molar refractivity (Wildman–Crippen MR) is 168 cm³/mol. The van der Waals surface area contributed by atoms with E-state index in [2.05, 4.69) is 72.0 Å². The number of carbonyl (C=O) groups excluding carboxylic acids is 2. The molecular weight excluding hydrogens is 516 g/mol. The maximum absolute atomic E-state index is 13.4. The number of nitrogens with zero attached hydrogens (tertiary/aromatic N) is 1. The van der Waals surface area contributed by atoms with Crippen LogP contribution in [0, 0.1) is 6.92 Å². The molecule has 0 aliphatic carbocycles. The number of rotatable bonds is 13. The van der Waals surface area contributed by atoms with Crippen molar-refractivity contribution >= 4 is 23.6 Å². The molecule has 0 spiro atoms. The Labute approximate surface area is 246 Å². The summed E-state index contributed by atoms with van der Waals surface area (Å²) in [6, 6.07) is 13.9. The molecule has 2 aromatic rings. The summed E-state index contributed by atoms with van der Waals surface area (Å²) in [5, 5.41) is 3.11. The van der Waals surface area contributed by atoms with Crippen molar-refractivity contribution in [1.82, 2.24) is 10.2 Å². The summed E-state index contributed by atoms with van der Waals surface area (Å²) in [7, 11) is 0. The third-order valence-electron chi connectivity index (χ3n) is 8.74. The second-order valence-electron chi connectivity index (χ2n) is 12.3. The molecule has 0 saturated carbocycles. The van der Waals surface area contributed by atoms with Crippen LogP contribution in [-0.2, 0) is 15.6 Å². The van der Waals surface area contributed by atoms with Crippen molar-refractivity contribution in [3.63, 3.8) is 0 Å². The van der Waals surface area contributed by atoms with Gasteiger partial charge >= 0.3 is 0 Å². The highest BCUT2D eigenvalue weighted by molar-refractivity contribution is 8.00. The van der Waals surface area contributed by atoms with Crippen LogP contribution < -0.4 is 10.1 Å². The van der Waals surface area contributed by atoms with Crippen LogP contribution in [0.15, 0.2) is 42.5 Å². The zero-order chi connectivity index (χ0) is 29.5. The van der Waals surface area contributed by atoms with Gasteiger partial charge in [-0.1, -0.05) is 78.8 Å². The normalized spacial score (nSPS) is 17.6. The minimum Gasteiger partial charge on any atom is -0.493 e. The number of unbranched alkanes of at least 4 members (excludes halogenated alkanes) is 1. The first kappa shape index (κ1) is 32.0. The van der Waals surface area contributed by atoms with Gasteiger partial charge in [0.2, 0.25) is 5.91 Å². The van der Waals surface area contributed by atoms with Gasteiger partial charge in [0.15, 0.2) is 0 Å². The van der Waals surface area contributed by atoms with Crippen molar-refractivity contribution in [2.24, 2.45) is 0 Å². The first-order chi connectivity index (χ1) is 19.0. The van der Waals surface area contributed by atoms with E-state index < -0.39 is 6.04 Å². The Morgan fingerprint density at radius 2 is 1.70 bits per heavy atom. The zero-order valence-corrected chi connectivity index (χ0v) is 26.7. The van der Waals surface area contributed by atoms with Gasteiger partial charge in [0.05, 0.1) is 12.0 Å². The Balaban J connectivity index is 1.55. The van der Waals surface area contributed by atoms with Crippen LogP contribution in [-0.4, -0.2) is 47.0 Å². The molecule has 0 bridgehead atoms. The predicted octanol–water partition coefficient (Wildman–Crippen LogP) is 7.64. The number of carbonyl (C=O) groups is 2. The van der Waals surface area contributed by atoms with E-state index in [1.807, 2.05) is 31.2 Å². The third-order valence-corrected chi connectivity index (χ3v) is 10.2. The number of hydrogen-bond donors (Lipinski definition) is 1. The Morgan fingerprint density at radius 3 is 2.35 bits per heavy atom. The second kappa shape index (κ2) is 13.9. The lowest BCUT2D eigenvalue weighted by Crippen LogP contribution is -2.50. The highest BCUT2D eigenvalue weighted by Crippen LogP contribution is 2.38. The first-order valence-corrected chi connectivity index (χ1v) is 16.1. The number of nitrogens with one attached hydrogen (secondary N) is 1. The number of aryl methyl sites for hydroxylation is 1. The molecule has 1 N–H and O–H groups in total. The zero-order valence-electron chi connectivity index (χ0n) is 25.9. The van der Waals surface area contributed by atoms with E-state index in [0.717, 1.165) is 43.4 Å². The lowest BCUT2D eigenvalue weighted by atomic mass is 9.76. The van der Waals surface area contributed by atoms with Crippen LogP contribution in [0.1, 0.15) is 108 Å². The molecule has 1 heterocycles. The minimum atomic E-state index is -0.442. The molecule has 3 rings (SSSR count). The molecule has 0 radical (unpaired) electrons. The number of hydrogen-bond acceptors (Lipinski definition) is 4. The highest BCUT2D eigenvalue weighted by atomic mass is 32.2. The monoisotopic (exact) mass is 566 g/mol. The molecule has 40 heavy (non-hydrogen) atoms. The summed E-state index contributed by atoms with van der Waals surface area (Å²) >= 11 is 1.69. The Morgan fingerprint density at radius 1 is 1.00 bits per heavy atom. The average molecular weight is 567 g/mol. The van der Waals surface area contributed by atoms with Gasteiger partial charge in [0.1, 0.15) is 11.8 Å². The molecule has 2 unspecified atom stereocenters. The van der Waals surface area contributed by atoms with E-state index in [0.29, 0.717) is 24.5 Å². The van der Waals surface area contributed by atoms with Crippen molar-refractivity contribution in [3.8, 4) is 5.75 Å². The molecule has 2 atom stereocenters. The average Bonchev–Trinajstić information content (AvgIpc) is 3.39. The highest BCUT2D eigenvalue weighted by Gasteiger charge is 2.41. The summed E-state index contributed by atoms with van der Waals surface area (Å²) in [6.07, 6.45) is 4.60. The van der Waals surface area contributed by atoms with E-state index in [1.54, 1.807) is 16.7 Å². The minimum absolute atomic E-state index is 0.0205.